The predicted molar refractivity (Wildman–Crippen MR) is 144 cm³/mol. The van der Waals surface area contributed by atoms with Gasteiger partial charge in [-0.05, 0) is 51.1 Å². The van der Waals surface area contributed by atoms with Crippen LogP contribution in [0, 0.1) is 0 Å². The molecule has 2 heterocycles. The van der Waals surface area contributed by atoms with Gasteiger partial charge in [0, 0.05) is 18.0 Å². The zero-order chi connectivity index (χ0) is 31.3. The third-order valence-electron chi connectivity index (χ3n) is 8.99. The summed E-state index contributed by atoms with van der Waals surface area (Å²) in [4.78, 5) is 61.6. The topological polar surface area (TPSA) is 198 Å². The lowest BCUT2D eigenvalue weighted by Crippen LogP contribution is -2.74. The van der Waals surface area contributed by atoms with Crippen molar-refractivity contribution in [1.29, 1.82) is 0 Å². The predicted octanol–water partition coefficient (Wildman–Crippen LogP) is 0.272. The summed E-state index contributed by atoms with van der Waals surface area (Å²) in [5.41, 5.74) is -0.0989. The number of carbonyl (C=O) groups excluding carboxylic acids is 3. The van der Waals surface area contributed by atoms with Crippen LogP contribution in [0.2, 0.25) is 0 Å². The Morgan fingerprint density at radius 3 is 2.56 bits per heavy atom. The van der Waals surface area contributed by atoms with Gasteiger partial charge < -0.3 is 44.5 Å². The van der Waals surface area contributed by atoms with Gasteiger partial charge in [-0.3, -0.25) is 19.2 Å². The summed E-state index contributed by atoms with van der Waals surface area (Å²) >= 11 is 0. The first kappa shape index (κ1) is 30.3. The highest BCUT2D eigenvalue weighted by molar-refractivity contribution is 5.90. The van der Waals surface area contributed by atoms with Gasteiger partial charge in [0.2, 0.25) is 0 Å². The zero-order valence-corrected chi connectivity index (χ0v) is 24.0. The number of likely N-dealkylation sites (N-methyl/N-ethyl adjacent to an activating group) is 1. The molecule has 1 aromatic carbocycles. The highest BCUT2D eigenvalue weighted by Gasteiger charge is 2.72. The number of hydrogen-bond donors (Lipinski definition) is 4. The molecule has 2 aliphatic carbocycles. The number of rotatable bonds is 11. The van der Waals surface area contributed by atoms with Gasteiger partial charge in [0.15, 0.2) is 23.7 Å². The number of hydrogen-bond acceptors (Lipinski definition) is 11. The largest absolute Gasteiger partial charge is 0.493 e. The molecule has 14 nitrogen and oxygen atoms in total. The number of carboxylic acid groups (broad SMARTS) is 2. The first-order chi connectivity index (χ1) is 20.3. The van der Waals surface area contributed by atoms with Gasteiger partial charge in [-0.1, -0.05) is 6.07 Å². The molecule has 6 atom stereocenters. The standard InChI is InChI=1S/C29H34N2O12/c1-14(26(36)30-16(27(37)38)13-20(32)33)41-21(34)6-7-22(35)42-18-8-9-29(39)19-12-15-4-5-17(40-3)24-23(15)28(29,25(18)43-24)10-11-31(19)2/h4-5,8,14,16,19,25,39H,6-7,9-13H2,1-3H3,(H,30,36)(H,32,33)(H,37,38)/t14-,16-,19+,25-,28-,29+/m0/s1. The molecule has 1 amide bonds. The average molecular weight is 603 g/mol. The lowest BCUT2D eigenvalue weighted by Gasteiger charge is -2.61. The van der Waals surface area contributed by atoms with Gasteiger partial charge in [0.1, 0.15) is 11.8 Å². The molecule has 14 heteroatoms. The molecule has 0 unspecified atom stereocenters. The molecule has 1 saturated heterocycles. The fourth-order valence-corrected chi connectivity index (χ4v) is 6.95. The molecule has 5 rings (SSSR count). The Morgan fingerprint density at radius 2 is 1.88 bits per heavy atom. The molecule has 0 radical (unpaired) electrons. The summed E-state index contributed by atoms with van der Waals surface area (Å²) in [5, 5.41) is 32.1. The fourth-order valence-electron chi connectivity index (χ4n) is 6.95. The number of ether oxygens (including phenoxy) is 4. The normalized spacial score (nSPS) is 27.9. The van der Waals surface area contributed by atoms with Gasteiger partial charge in [0.25, 0.3) is 5.91 Å². The van der Waals surface area contributed by atoms with E-state index in [-0.39, 0.29) is 18.2 Å². The summed E-state index contributed by atoms with van der Waals surface area (Å²) < 4.78 is 22.7. The van der Waals surface area contributed by atoms with Gasteiger partial charge >= 0.3 is 23.9 Å². The van der Waals surface area contributed by atoms with Crippen LogP contribution in [-0.4, -0.2) is 101 Å². The number of nitrogens with one attached hydrogen (secondary N) is 1. The second-order valence-corrected chi connectivity index (χ2v) is 11.4. The molecule has 1 fully saturated rings. The van der Waals surface area contributed by atoms with E-state index in [4.69, 9.17) is 29.2 Å². The molecule has 2 aliphatic heterocycles. The molecule has 1 aromatic rings. The minimum Gasteiger partial charge on any atom is -0.493 e. The van der Waals surface area contributed by atoms with Gasteiger partial charge in [-0.25, -0.2) is 4.79 Å². The first-order valence-corrected chi connectivity index (χ1v) is 14.0. The molecule has 0 aromatic heterocycles. The lowest BCUT2D eigenvalue weighted by atomic mass is 9.50. The second kappa shape index (κ2) is 11.2. The van der Waals surface area contributed by atoms with E-state index in [1.807, 2.05) is 24.5 Å². The van der Waals surface area contributed by atoms with Crippen molar-refractivity contribution in [3.8, 4) is 11.5 Å². The van der Waals surface area contributed by atoms with Crippen LogP contribution in [0.25, 0.3) is 0 Å². The Hall–Kier alpha value is -4.17. The maximum atomic E-state index is 12.9. The van der Waals surface area contributed by atoms with Crippen LogP contribution in [0.15, 0.2) is 24.0 Å². The van der Waals surface area contributed by atoms with E-state index in [0.717, 1.165) is 11.1 Å². The number of carboxylic acids is 2. The van der Waals surface area contributed by atoms with Crippen LogP contribution in [0.1, 0.15) is 50.2 Å². The number of piperidine rings is 1. The lowest BCUT2D eigenvalue weighted by molar-refractivity contribution is -0.169. The quantitative estimate of drug-likeness (QED) is 0.252. The summed E-state index contributed by atoms with van der Waals surface area (Å²) in [6, 6.07) is 1.95. The van der Waals surface area contributed by atoms with E-state index < -0.39 is 78.3 Å². The van der Waals surface area contributed by atoms with Crippen molar-refractivity contribution < 1.29 is 58.2 Å². The van der Waals surface area contributed by atoms with Crippen molar-refractivity contribution >= 4 is 29.8 Å². The first-order valence-electron chi connectivity index (χ1n) is 14.0. The van der Waals surface area contributed by atoms with Crippen LogP contribution in [0.4, 0.5) is 0 Å². The third-order valence-corrected chi connectivity index (χ3v) is 8.99. The van der Waals surface area contributed by atoms with E-state index in [1.54, 1.807) is 6.08 Å². The van der Waals surface area contributed by atoms with Gasteiger partial charge in [-0.2, -0.15) is 0 Å². The number of amides is 1. The Balaban J connectivity index is 1.24. The molecule has 4 aliphatic rings. The number of aliphatic carboxylic acids is 2. The van der Waals surface area contributed by atoms with Crippen molar-refractivity contribution in [2.24, 2.45) is 0 Å². The third kappa shape index (κ3) is 4.97. The minimum absolute atomic E-state index is 0.170. The molecule has 4 N–H and O–H groups in total. The molecule has 2 bridgehead atoms. The van der Waals surface area contributed by atoms with Crippen LogP contribution >= 0.6 is 0 Å². The van der Waals surface area contributed by atoms with Gasteiger partial charge in [0.05, 0.1) is 37.4 Å². The Kier molecular flexibility index (Phi) is 7.86. The minimum atomic E-state index is -1.70. The number of aliphatic hydroxyl groups is 1. The van der Waals surface area contributed by atoms with Crippen molar-refractivity contribution in [2.45, 2.75) is 80.8 Å². The molecular formula is C29H34N2O12. The van der Waals surface area contributed by atoms with Crippen LogP contribution in [0.3, 0.4) is 0 Å². The number of likely N-dealkylation sites (tertiary alicyclic amines) is 1. The fraction of sp³-hybridized carbons (Fsp3) is 0.552. The summed E-state index contributed by atoms with van der Waals surface area (Å²) in [6.45, 7) is 1.89. The monoisotopic (exact) mass is 602 g/mol. The Morgan fingerprint density at radius 1 is 1.16 bits per heavy atom. The highest BCUT2D eigenvalue weighted by atomic mass is 16.6. The SMILES string of the molecule is COc1ccc2c3c1O[C@H]1C(OC(=O)CCC(=O)O[C@@H](C)C(=O)N[C@@H](CC(=O)O)C(=O)O)=CC[C@@]4(O)[C@@H](C2)N(C)CC[C@]314. The summed E-state index contributed by atoms with van der Waals surface area (Å²) in [6.07, 6.45) is -0.824. The maximum Gasteiger partial charge on any atom is 0.326 e. The Labute approximate surface area is 246 Å². The van der Waals surface area contributed by atoms with E-state index in [9.17, 15) is 29.1 Å². The molecule has 1 spiro atoms. The number of benzene rings is 1. The van der Waals surface area contributed by atoms with Crippen LogP contribution in [0.5, 0.6) is 11.5 Å². The van der Waals surface area contributed by atoms with Crippen molar-refractivity contribution in [3.63, 3.8) is 0 Å². The maximum absolute atomic E-state index is 12.9. The smallest absolute Gasteiger partial charge is 0.326 e. The summed E-state index contributed by atoms with van der Waals surface area (Å²) in [7, 11) is 3.52. The summed E-state index contributed by atoms with van der Waals surface area (Å²) in [5.74, 6) is -4.37. The van der Waals surface area contributed by atoms with Crippen molar-refractivity contribution in [3.05, 3.63) is 35.1 Å². The molecular weight excluding hydrogens is 568 g/mol. The second-order valence-electron chi connectivity index (χ2n) is 11.4. The van der Waals surface area contributed by atoms with Crippen LogP contribution < -0.4 is 14.8 Å². The highest BCUT2D eigenvalue weighted by Crippen LogP contribution is 2.65. The zero-order valence-electron chi connectivity index (χ0n) is 24.0. The van der Waals surface area contributed by atoms with E-state index in [1.165, 1.54) is 14.0 Å². The van der Waals surface area contributed by atoms with E-state index in [0.29, 0.717) is 30.9 Å². The van der Waals surface area contributed by atoms with Crippen LogP contribution in [-0.2, 0) is 45.3 Å². The van der Waals surface area contributed by atoms with Crippen molar-refractivity contribution in [2.75, 3.05) is 20.7 Å². The number of esters is 2. The van der Waals surface area contributed by atoms with Gasteiger partial charge in [-0.15, -0.1) is 0 Å². The van der Waals surface area contributed by atoms with E-state index >= 15 is 0 Å². The Bertz CT molecular complexity index is 1410. The van der Waals surface area contributed by atoms with E-state index in [2.05, 4.69) is 4.90 Å². The number of nitrogens with zero attached hydrogens (tertiary/aromatic N) is 1. The molecule has 232 valence electrons. The average Bonchev–Trinajstić information content (AvgIpc) is 3.30. The molecule has 43 heavy (non-hydrogen) atoms. The molecule has 0 saturated carbocycles. The van der Waals surface area contributed by atoms with Crippen molar-refractivity contribution in [1.82, 2.24) is 10.2 Å². The number of carbonyl (C=O) groups is 5. The number of methoxy groups -OCH3 is 1.